The molecule has 0 spiro atoms. The molecule has 3 aromatic rings. The zero-order valence-electron chi connectivity index (χ0n) is 12.0. The molecule has 7 nitrogen and oxygen atoms in total. The van der Waals surface area contributed by atoms with Crippen molar-refractivity contribution in [3.8, 4) is 0 Å². The van der Waals surface area contributed by atoms with Crippen molar-refractivity contribution in [3.63, 3.8) is 0 Å². The van der Waals surface area contributed by atoms with Gasteiger partial charge in [0.2, 0.25) is 16.0 Å². The lowest BCUT2D eigenvalue weighted by Crippen LogP contribution is -2.23. The minimum Gasteiger partial charge on any atom is -0.339 e. The third-order valence-electron chi connectivity index (χ3n) is 3.74. The van der Waals surface area contributed by atoms with Crippen LogP contribution in [0.2, 0.25) is 0 Å². The summed E-state index contributed by atoms with van der Waals surface area (Å²) in [6.07, 6.45) is 4.86. The molecule has 110 valence electrons. The number of rotatable bonds is 3. The van der Waals surface area contributed by atoms with E-state index in [1.165, 1.54) is 0 Å². The van der Waals surface area contributed by atoms with E-state index in [4.69, 9.17) is 4.52 Å². The molecule has 0 saturated carbocycles. The maximum absolute atomic E-state index is 5.25. The van der Waals surface area contributed by atoms with Gasteiger partial charge in [-0.3, -0.25) is 0 Å². The second-order valence-corrected chi connectivity index (χ2v) is 6.18. The van der Waals surface area contributed by atoms with Gasteiger partial charge in [-0.15, -0.1) is 5.10 Å². The molecular weight excluding hydrogens is 288 g/mol. The van der Waals surface area contributed by atoms with E-state index in [1.807, 2.05) is 24.6 Å². The summed E-state index contributed by atoms with van der Waals surface area (Å²) in [6, 6.07) is 0.158. The van der Waals surface area contributed by atoms with Crippen molar-refractivity contribution in [1.29, 1.82) is 0 Å². The van der Waals surface area contributed by atoms with E-state index in [2.05, 4.69) is 25.1 Å². The highest BCUT2D eigenvalue weighted by Gasteiger charge is 2.32. The van der Waals surface area contributed by atoms with Crippen LogP contribution in [0.5, 0.6) is 0 Å². The summed E-state index contributed by atoms with van der Waals surface area (Å²) in [7, 11) is 0. The summed E-state index contributed by atoms with van der Waals surface area (Å²) in [4.78, 5) is 12.1. The van der Waals surface area contributed by atoms with Crippen LogP contribution in [-0.4, -0.2) is 31.3 Å². The molecule has 8 heteroatoms. The number of nitrogens with zero attached hydrogens (tertiary/aromatic N) is 6. The first-order valence-corrected chi connectivity index (χ1v) is 7.98. The quantitative estimate of drug-likeness (QED) is 0.740. The van der Waals surface area contributed by atoms with Crippen LogP contribution >= 0.6 is 11.3 Å². The molecule has 0 aromatic carbocycles. The lowest BCUT2D eigenvalue weighted by atomic mass is 10.2. The van der Waals surface area contributed by atoms with Crippen LogP contribution < -0.4 is 4.90 Å². The Kier molecular flexibility index (Phi) is 2.91. The van der Waals surface area contributed by atoms with Gasteiger partial charge in [-0.25, -0.2) is 9.50 Å². The Morgan fingerprint density at radius 1 is 1.43 bits per heavy atom. The molecule has 3 aromatic heterocycles. The first-order valence-electron chi connectivity index (χ1n) is 7.16. The maximum atomic E-state index is 5.25. The summed E-state index contributed by atoms with van der Waals surface area (Å²) in [5.41, 5.74) is 0.990. The van der Waals surface area contributed by atoms with E-state index < -0.39 is 0 Å². The molecule has 1 atom stereocenters. The van der Waals surface area contributed by atoms with Gasteiger partial charge in [0.1, 0.15) is 0 Å². The molecular formula is C13H16N6OS. The molecule has 1 saturated heterocycles. The summed E-state index contributed by atoms with van der Waals surface area (Å²) < 4.78 is 7.09. The van der Waals surface area contributed by atoms with E-state index in [0.29, 0.717) is 5.89 Å². The molecule has 1 aliphatic rings. The Hall–Kier alpha value is -1.96. The van der Waals surface area contributed by atoms with Crippen molar-refractivity contribution < 1.29 is 4.52 Å². The van der Waals surface area contributed by atoms with Crippen LogP contribution in [0.4, 0.5) is 5.13 Å². The monoisotopic (exact) mass is 304 g/mol. The van der Waals surface area contributed by atoms with Crippen molar-refractivity contribution in [2.24, 2.45) is 0 Å². The van der Waals surface area contributed by atoms with Gasteiger partial charge in [-0.1, -0.05) is 23.4 Å². The Labute approximate surface area is 125 Å². The van der Waals surface area contributed by atoms with Crippen LogP contribution in [-0.2, 0) is 6.42 Å². The van der Waals surface area contributed by atoms with Gasteiger partial charge in [0.05, 0.1) is 17.9 Å². The van der Waals surface area contributed by atoms with Crippen molar-refractivity contribution in [3.05, 3.63) is 23.6 Å². The van der Waals surface area contributed by atoms with Crippen molar-refractivity contribution in [2.75, 3.05) is 11.4 Å². The predicted molar refractivity (Wildman–Crippen MR) is 78.6 cm³/mol. The zero-order valence-corrected chi connectivity index (χ0v) is 12.8. The number of anilines is 1. The van der Waals surface area contributed by atoms with Crippen LogP contribution in [0.3, 0.4) is 0 Å². The number of fused-ring (bicyclic) bond motifs is 1. The van der Waals surface area contributed by atoms with Gasteiger partial charge in [-0.2, -0.15) is 4.98 Å². The topological polar surface area (TPSA) is 72.4 Å². The summed E-state index contributed by atoms with van der Waals surface area (Å²) in [5.74, 6) is 1.47. The number of hydrogen-bond donors (Lipinski definition) is 0. The number of hydrogen-bond acceptors (Lipinski definition) is 7. The van der Waals surface area contributed by atoms with Gasteiger partial charge in [0.25, 0.3) is 0 Å². The van der Waals surface area contributed by atoms with Crippen LogP contribution in [0.1, 0.15) is 43.2 Å². The van der Waals surface area contributed by atoms with E-state index >= 15 is 0 Å². The van der Waals surface area contributed by atoms with Gasteiger partial charge in [0, 0.05) is 13.0 Å². The van der Waals surface area contributed by atoms with Crippen molar-refractivity contribution in [1.82, 2.24) is 24.7 Å². The summed E-state index contributed by atoms with van der Waals surface area (Å²) in [5, 5.41) is 9.73. The lowest BCUT2D eigenvalue weighted by molar-refractivity contribution is 0.373. The Bertz CT molecular complexity index is 743. The second kappa shape index (κ2) is 4.80. The summed E-state index contributed by atoms with van der Waals surface area (Å²) >= 11 is 1.61. The first-order chi connectivity index (χ1) is 10.2. The van der Waals surface area contributed by atoms with Gasteiger partial charge < -0.3 is 9.42 Å². The number of aromatic nitrogens is 5. The highest BCUT2D eigenvalue weighted by molar-refractivity contribution is 7.20. The molecule has 0 radical (unpaired) electrons. The fraction of sp³-hybridized carbons (Fsp3) is 0.538. The molecule has 4 rings (SSSR count). The van der Waals surface area contributed by atoms with E-state index in [-0.39, 0.29) is 6.04 Å². The lowest BCUT2D eigenvalue weighted by Gasteiger charge is -2.20. The van der Waals surface area contributed by atoms with Gasteiger partial charge in [0.15, 0.2) is 5.82 Å². The van der Waals surface area contributed by atoms with Crippen LogP contribution in [0.15, 0.2) is 10.7 Å². The molecule has 0 N–H and O–H groups in total. The molecule has 0 bridgehead atoms. The predicted octanol–water partition coefficient (Wildman–Crippen LogP) is 2.39. The van der Waals surface area contributed by atoms with Gasteiger partial charge >= 0.3 is 0 Å². The zero-order chi connectivity index (χ0) is 14.4. The fourth-order valence-corrected chi connectivity index (χ4v) is 3.73. The van der Waals surface area contributed by atoms with Crippen LogP contribution in [0, 0.1) is 6.92 Å². The molecule has 0 amide bonds. The molecule has 0 unspecified atom stereocenters. The minimum atomic E-state index is 0.158. The Morgan fingerprint density at radius 3 is 3.10 bits per heavy atom. The Morgan fingerprint density at radius 2 is 2.33 bits per heavy atom. The smallest absolute Gasteiger partial charge is 0.226 e. The fourth-order valence-electron chi connectivity index (χ4n) is 2.73. The van der Waals surface area contributed by atoms with E-state index in [0.717, 1.165) is 47.4 Å². The molecule has 1 fully saturated rings. The normalized spacial score (nSPS) is 19.0. The average molecular weight is 304 g/mol. The number of aryl methyl sites for hydroxylation is 2. The third kappa shape index (κ3) is 2.10. The standard InChI is InChI=1S/C13H16N6OS/c1-3-10-15-11(17-20-10)9-5-4-6-18(9)13-16-19-7-8(2)14-12(19)21-13/h7,9H,3-6H2,1-2H3/t9-/m1/s1. The third-order valence-corrected chi connectivity index (χ3v) is 4.70. The van der Waals surface area contributed by atoms with E-state index in [1.54, 1.807) is 11.3 Å². The second-order valence-electron chi connectivity index (χ2n) is 5.25. The molecule has 21 heavy (non-hydrogen) atoms. The summed E-state index contributed by atoms with van der Waals surface area (Å²) in [6.45, 7) is 4.96. The van der Waals surface area contributed by atoms with Crippen LogP contribution in [0.25, 0.3) is 4.96 Å². The minimum absolute atomic E-state index is 0.158. The van der Waals surface area contributed by atoms with E-state index in [9.17, 15) is 0 Å². The first kappa shape index (κ1) is 12.8. The molecule has 0 aliphatic carbocycles. The number of imidazole rings is 1. The largest absolute Gasteiger partial charge is 0.339 e. The SMILES string of the molecule is CCc1nc([C@H]2CCCN2c2nn3cc(C)nc3s2)no1. The highest BCUT2D eigenvalue weighted by Crippen LogP contribution is 2.36. The van der Waals surface area contributed by atoms with Gasteiger partial charge in [-0.05, 0) is 19.8 Å². The Balaban J connectivity index is 1.67. The van der Waals surface area contributed by atoms with Crippen molar-refractivity contribution >= 4 is 21.4 Å². The maximum Gasteiger partial charge on any atom is 0.226 e. The molecule has 4 heterocycles. The van der Waals surface area contributed by atoms with Crippen molar-refractivity contribution in [2.45, 2.75) is 39.2 Å². The highest BCUT2D eigenvalue weighted by atomic mass is 32.1. The average Bonchev–Trinajstić information content (AvgIpc) is 3.19. The molecule has 1 aliphatic heterocycles.